The number of nitrogens with one attached hydrogen (secondary N) is 2. The summed E-state index contributed by atoms with van der Waals surface area (Å²) in [7, 11) is 0. The fourth-order valence-electron chi connectivity index (χ4n) is 5.20. The Morgan fingerprint density at radius 3 is 2.44 bits per heavy atom. The van der Waals surface area contributed by atoms with Gasteiger partial charge < -0.3 is 15.4 Å². The fourth-order valence-corrected chi connectivity index (χ4v) is 5.20. The molecule has 1 fully saturated rings. The molecule has 1 amide bonds. The summed E-state index contributed by atoms with van der Waals surface area (Å²) in [4.78, 5) is 25.8. The van der Waals surface area contributed by atoms with Crippen LogP contribution in [0.1, 0.15) is 83.7 Å². The summed E-state index contributed by atoms with van der Waals surface area (Å²) in [5.41, 5.74) is 0.175. The van der Waals surface area contributed by atoms with E-state index >= 15 is 4.39 Å². The van der Waals surface area contributed by atoms with Crippen molar-refractivity contribution in [3.05, 3.63) is 118 Å². The second-order valence-electron chi connectivity index (χ2n) is 12.8. The molecule has 1 unspecified atom stereocenters. The Morgan fingerprint density at radius 2 is 1.75 bits per heavy atom. The van der Waals surface area contributed by atoms with Gasteiger partial charge in [0.2, 0.25) is 0 Å². The molecule has 250 valence electrons. The third-order valence-electron chi connectivity index (χ3n) is 7.69. The average Bonchev–Trinajstić information content (AvgIpc) is 3.74. The summed E-state index contributed by atoms with van der Waals surface area (Å²) in [5, 5.41) is 19.2. The molecule has 12 heteroatoms. The number of amides is 1. The average molecular weight is 662 g/mol. The number of ether oxygens (including phenoxy) is 1. The van der Waals surface area contributed by atoms with Gasteiger partial charge in [0.1, 0.15) is 17.1 Å². The second kappa shape index (κ2) is 14.0. The van der Waals surface area contributed by atoms with Crippen LogP contribution >= 0.6 is 0 Å². The van der Waals surface area contributed by atoms with Crippen molar-refractivity contribution < 1.29 is 31.9 Å². The lowest BCUT2D eigenvalue weighted by molar-refractivity contribution is -0.141. The molecule has 1 atom stereocenters. The molecule has 0 radical (unpaired) electrons. The number of carbonyl (C=O) groups is 2. The van der Waals surface area contributed by atoms with Crippen LogP contribution in [0.5, 0.6) is 0 Å². The predicted molar refractivity (Wildman–Crippen MR) is 170 cm³/mol. The van der Waals surface area contributed by atoms with E-state index in [0.29, 0.717) is 35.2 Å². The van der Waals surface area contributed by atoms with E-state index in [-0.39, 0.29) is 23.5 Å². The van der Waals surface area contributed by atoms with Crippen molar-refractivity contribution in [3.63, 3.8) is 0 Å². The van der Waals surface area contributed by atoms with Crippen molar-refractivity contribution in [3.8, 4) is 11.8 Å². The fraction of sp³-hybridized carbons (Fsp3) is 0.333. The maximum Gasteiger partial charge on any atom is 0.435 e. The third kappa shape index (κ3) is 8.86. The minimum Gasteiger partial charge on any atom is -0.444 e. The van der Waals surface area contributed by atoms with Gasteiger partial charge in [-0.25, -0.2) is 13.9 Å². The van der Waals surface area contributed by atoms with E-state index in [9.17, 15) is 28.0 Å². The highest BCUT2D eigenvalue weighted by molar-refractivity contribution is 5.96. The molecule has 48 heavy (non-hydrogen) atoms. The van der Waals surface area contributed by atoms with Crippen LogP contribution in [0.3, 0.4) is 0 Å². The van der Waals surface area contributed by atoms with Gasteiger partial charge in [0.15, 0.2) is 11.5 Å². The largest absolute Gasteiger partial charge is 0.444 e. The van der Waals surface area contributed by atoms with Gasteiger partial charge in [0.05, 0.1) is 23.4 Å². The highest BCUT2D eigenvalue weighted by Gasteiger charge is 2.36. The topological polar surface area (TPSA) is 109 Å². The highest BCUT2D eigenvalue weighted by atomic mass is 19.4. The van der Waals surface area contributed by atoms with Crippen LogP contribution in [0.25, 0.3) is 5.69 Å². The van der Waals surface area contributed by atoms with Crippen LogP contribution in [-0.4, -0.2) is 33.8 Å². The first kappa shape index (κ1) is 34.3. The molecular formula is C36H35F4N5O3. The Morgan fingerprint density at radius 1 is 1.02 bits per heavy atom. The van der Waals surface area contributed by atoms with Crippen molar-refractivity contribution in [2.75, 3.05) is 6.54 Å². The van der Waals surface area contributed by atoms with Crippen LogP contribution < -0.4 is 10.6 Å². The molecule has 1 saturated carbocycles. The summed E-state index contributed by atoms with van der Waals surface area (Å²) in [5.74, 6) is -0.945. The van der Waals surface area contributed by atoms with Crippen molar-refractivity contribution in [1.29, 1.82) is 5.26 Å². The van der Waals surface area contributed by atoms with Crippen molar-refractivity contribution in [2.24, 2.45) is 5.92 Å². The summed E-state index contributed by atoms with van der Waals surface area (Å²) in [6.45, 7) is 5.85. The quantitative estimate of drug-likeness (QED) is 0.128. The Kier molecular flexibility index (Phi) is 10.0. The number of hydrogen-bond acceptors (Lipinski definition) is 6. The number of carbonyl (C=O) groups excluding carboxylic acids is 2. The van der Waals surface area contributed by atoms with Crippen LogP contribution in [0.2, 0.25) is 0 Å². The van der Waals surface area contributed by atoms with Crippen LogP contribution in [0.15, 0.2) is 72.8 Å². The number of ketones is 1. The maximum absolute atomic E-state index is 15.2. The van der Waals surface area contributed by atoms with E-state index in [2.05, 4.69) is 21.8 Å². The molecule has 0 bridgehead atoms. The molecule has 0 spiro atoms. The van der Waals surface area contributed by atoms with E-state index in [4.69, 9.17) is 4.74 Å². The summed E-state index contributed by atoms with van der Waals surface area (Å²) in [6.07, 6.45) is -3.86. The van der Waals surface area contributed by atoms with E-state index in [1.807, 2.05) is 6.07 Å². The minimum atomic E-state index is -4.85. The Bertz CT molecular complexity index is 1850. The Labute approximate surface area is 275 Å². The van der Waals surface area contributed by atoms with E-state index in [1.54, 1.807) is 57.2 Å². The molecule has 3 aromatic carbocycles. The van der Waals surface area contributed by atoms with Crippen LogP contribution in [0.4, 0.5) is 22.4 Å². The lowest BCUT2D eigenvalue weighted by Gasteiger charge is -2.21. The van der Waals surface area contributed by atoms with E-state index < -0.39 is 47.6 Å². The molecule has 1 heterocycles. The van der Waals surface area contributed by atoms with Gasteiger partial charge >= 0.3 is 12.3 Å². The molecule has 1 aliphatic carbocycles. The predicted octanol–water partition coefficient (Wildman–Crippen LogP) is 7.44. The number of alkyl halides is 3. The molecule has 0 aliphatic heterocycles. The number of aromatic nitrogens is 2. The number of nitrogens with zero attached hydrogens (tertiary/aromatic N) is 3. The standard InChI is InChI=1S/C36H35F4N5O3/c1-35(2,3)48-34(47)43-21-24-7-5-9-28(15-24)45-30(18-32(44-45)36(38,39)40)31(46)17-27-16-26(12-13-29(27)37)33(42-20-22-10-11-22)25-8-4-6-23(14-25)19-41/h4-9,12-16,18,22,33,42H,10-11,17,20-21H2,1-3H3,(H,43,47). The first-order chi connectivity index (χ1) is 22.7. The molecular weight excluding hydrogens is 626 g/mol. The number of nitriles is 1. The molecule has 4 aromatic rings. The first-order valence-corrected chi connectivity index (χ1v) is 15.5. The first-order valence-electron chi connectivity index (χ1n) is 15.5. The van der Waals surface area contributed by atoms with Gasteiger partial charge in [-0.2, -0.15) is 23.5 Å². The molecule has 2 N–H and O–H groups in total. The number of hydrogen-bond donors (Lipinski definition) is 2. The highest BCUT2D eigenvalue weighted by Crippen LogP contribution is 2.32. The molecule has 1 aromatic heterocycles. The number of alkyl carbamates (subject to hydrolysis) is 1. The van der Waals surface area contributed by atoms with Gasteiger partial charge in [-0.3, -0.25) is 4.79 Å². The van der Waals surface area contributed by atoms with E-state index in [0.717, 1.165) is 23.1 Å². The molecule has 1 aliphatic rings. The van der Waals surface area contributed by atoms with Crippen LogP contribution in [0, 0.1) is 23.1 Å². The number of Topliss-reactive ketones (excluding diaryl/α,β-unsaturated/α-hetero) is 1. The number of rotatable bonds is 11. The zero-order valence-corrected chi connectivity index (χ0v) is 26.7. The zero-order chi connectivity index (χ0) is 34.6. The maximum atomic E-state index is 15.2. The van der Waals surface area contributed by atoms with Crippen LogP contribution in [-0.2, 0) is 23.9 Å². The van der Waals surface area contributed by atoms with Crippen molar-refractivity contribution in [2.45, 2.75) is 64.4 Å². The lowest BCUT2D eigenvalue weighted by atomic mass is 9.94. The monoisotopic (exact) mass is 661 g/mol. The Hall–Kier alpha value is -5.02. The third-order valence-corrected chi connectivity index (χ3v) is 7.69. The molecule has 8 nitrogen and oxygen atoms in total. The minimum absolute atomic E-state index is 0.00350. The summed E-state index contributed by atoms with van der Waals surface area (Å²) in [6, 6.07) is 20.0. The van der Waals surface area contributed by atoms with Gasteiger partial charge in [-0.1, -0.05) is 36.4 Å². The van der Waals surface area contributed by atoms with Gasteiger partial charge in [0.25, 0.3) is 0 Å². The van der Waals surface area contributed by atoms with Gasteiger partial charge in [-0.15, -0.1) is 0 Å². The zero-order valence-electron chi connectivity index (χ0n) is 26.7. The van der Waals surface area contributed by atoms with Crippen molar-refractivity contribution >= 4 is 11.9 Å². The van der Waals surface area contributed by atoms with Gasteiger partial charge in [0, 0.05) is 19.0 Å². The SMILES string of the molecule is CC(C)(C)OC(=O)NCc1cccc(-n2nc(C(F)(F)F)cc2C(=O)Cc2cc(C(NCC3CC3)c3cccc(C#N)c3)ccc2F)c1. The molecule has 0 saturated heterocycles. The van der Waals surface area contributed by atoms with Crippen molar-refractivity contribution in [1.82, 2.24) is 20.4 Å². The Balaban J connectivity index is 1.44. The summed E-state index contributed by atoms with van der Waals surface area (Å²) >= 11 is 0. The van der Waals surface area contributed by atoms with Gasteiger partial charge in [-0.05, 0) is 98.7 Å². The summed E-state index contributed by atoms with van der Waals surface area (Å²) < 4.78 is 62.8. The lowest BCUT2D eigenvalue weighted by Crippen LogP contribution is -2.32. The second-order valence-corrected chi connectivity index (χ2v) is 12.8. The number of halogens is 4. The number of benzene rings is 3. The normalized spacial score (nSPS) is 13.9. The smallest absolute Gasteiger partial charge is 0.435 e. The van der Waals surface area contributed by atoms with E-state index in [1.165, 1.54) is 24.3 Å². The molecule has 5 rings (SSSR count).